The van der Waals surface area contributed by atoms with Crippen LogP contribution in [-0.2, 0) is 10.2 Å². The molecule has 2 rings (SSSR count). The highest BCUT2D eigenvalue weighted by Gasteiger charge is 2.13. The van der Waals surface area contributed by atoms with Crippen molar-refractivity contribution in [1.82, 2.24) is 5.32 Å². The predicted octanol–water partition coefficient (Wildman–Crippen LogP) is 5.27. The van der Waals surface area contributed by atoms with Crippen molar-refractivity contribution in [3.63, 3.8) is 0 Å². The summed E-state index contributed by atoms with van der Waals surface area (Å²) >= 11 is 5.23. The van der Waals surface area contributed by atoms with Crippen LogP contribution < -0.4 is 15.4 Å². The van der Waals surface area contributed by atoms with E-state index in [9.17, 15) is 4.79 Å². The number of thiocarbonyl (C=S) groups is 1. The van der Waals surface area contributed by atoms with E-state index in [-0.39, 0.29) is 11.3 Å². The Hall–Kier alpha value is -2.40. The van der Waals surface area contributed by atoms with Crippen LogP contribution in [0.25, 0.3) is 0 Å². The molecule has 0 fully saturated rings. The highest BCUT2D eigenvalue weighted by molar-refractivity contribution is 7.80. The van der Waals surface area contributed by atoms with Gasteiger partial charge >= 0.3 is 0 Å². The Labute approximate surface area is 173 Å². The van der Waals surface area contributed by atoms with E-state index in [0.717, 1.165) is 17.0 Å². The highest BCUT2D eigenvalue weighted by Crippen LogP contribution is 2.24. The van der Waals surface area contributed by atoms with Crippen LogP contribution in [0.2, 0.25) is 0 Å². The average molecular weight is 399 g/mol. The fourth-order valence-corrected chi connectivity index (χ4v) is 2.99. The number of carbonyl (C=O) groups excluding carboxylic acids is 1. The lowest BCUT2D eigenvalue weighted by molar-refractivity contribution is -0.119. The third kappa shape index (κ3) is 6.97. The van der Waals surface area contributed by atoms with Crippen LogP contribution in [-0.4, -0.2) is 17.6 Å². The highest BCUT2D eigenvalue weighted by atomic mass is 32.1. The Morgan fingerprint density at radius 1 is 1.07 bits per heavy atom. The molecule has 0 heterocycles. The second kappa shape index (κ2) is 9.69. The number of hydrogen-bond donors (Lipinski definition) is 2. The Kier molecular flexibility index (Phi) is 7.58. The Morgan fingerprint density at radius 2 is 1.75 bits per heavy atom. The number of aryl methyl sites for hydroxylation is 2. The zero-order valence-corrected chi connectivity index (χ0v) is 18.2. The van der Waals surface area contributed by atoms with Gasteiger partial charge in [0.2, 0.25) is 5.91 Å². The molecule has 0 bridgehead atoms. The van der Waals surface area contributed by atoms with Gasteiger partial charge in [-0.25, -0.2) is 0 Å². The molecule has 0 aromatic heterocycles. The van der Waals surface area contributed by atoms with E-state index in [1.807, 2.05) is 38.1 Å². The van der Waals surface area contributed by atoms with Crippen molar-refractivity contribution in [2.45, 2.75) is 52.9 Å². The number of hydrogen-bond acceptors (Lipinski definition) is 3. The SMILES string of the molecule is Cc1ccc(NC(=S)NC(=O)CCCOc2ccc(C(C)(C)C)cc2)c(C)c1. The number of benzene rings is 2. The Balaban J connectivity index is 1.70. The summed E-state index contributed by atoms with van der Waals surface area (Å²) in [5.74, 6) is 0.703. The van der Waals surface area contributed by atoms with Crippen LogP contribution in [0, 0.1) is 13.8 Å². The molecule has 4 nitrogen and oxygen atoms in total. The van der Waals surface area contributed by atoms with Crippen LogP contribution in [0.3, 0.4) is 0 Å². The van der Waals surface area contributed by atoms with Crippen molar-refractivity contribution >= 4 is 28.9 Å². The summed E-state index contributed by atoms with van der Waals surface area (Å²) < 4.78 is 5.72. The first-order valence-corrected chi connectivity index (χ1v) is 9.97. The largest absolute Gasteiger partial charge is 0.494 e. The number of rotatable bonds is 6. The number of nitrogens with one attached hydrogen (secondary N) is 2. The van der Waals surface area contributed by atoms with Crippen molar-refractivity contribution < 1.29 is 9.53 Å². The minimum absolute atomic E-state index is 0.117. The van der Waals surface area contributed by atoms with E-state index in [4.69, 9.17) is 17.0 Å². The molecule has 5 heteroatoms. The summed E-state index contributed by atoms with van der Waals surface area (Å²) in [5, 5.41) is 6.10. The van der Waals surface area contributed by atoms with Crippen molar-refractivity contribution in [1.29, 1.82) is 0 Å². The lowest BCUT2D eigenvalue weighted by atomic mass is 9.87. The van der Waals surface area contributed by atoms with Crippen LogP contribution in [0.4, 0.5) is 5.69 Å². The molecule has 0 atom stereocenters. The summed E-state index contributed by atoms with van der Waals surface area (Å²) in [4.78, 5) is 12.1. The molecule has 150 valence electrons. The molecule has 2 N–H and O–H groups in total. The minimum atomic E-state index is -0.117. The third-order valence-corrected chi connectivity index (χ3v) is 4.62. The smallest absolute Gasteiger partial charge is 0.226 e. The van der Waals surface area contributed by atoms with E-state index in [2.05, 4.69) is 49.6 Å². The zero-order chi connectivity index (χ0) is 20.7. The van der Waals surface area contributed by atoms with Gasteiger partial charge in [0.1, 0.15) is 5.75 Å². The lowest BCUT2D eigenvalue weighted by Crippen LogP contribution is -2.34. The molecule has 2 aromatic rings. The molecule has 2 aromatic carbocycles. The van der Waals surface area contributed by atoms with Crippen molar-refractivity contribution in [2.24, 2.45) is 0 Å². The Morgan fingerprint density at radius 3 is 2.36 bits per heavy atom. The number of anilines is 1. The summed E-state index contributed by atoms with van der Waals surface area (Å²) in [6, 6.07) is 14.1. The normalized spacial score (nSPS) is 11.0. The van der Waals surface area contributed by atoms with Gasteiger partial charge in [0.25, 0.3) is 0 Å². The maximum Gasteiger partial charge on any atom is 0.226 e. The van der Waals surface area contributed by atoms with Gasteiger partial charge in [-0.05, 0) is 67.2 Å². The van der Waals surface area contributed by atoms with E-state index in [1.54, 1.807) is 0 Å². The van der Waals surface area contributed by atoms with E-state index in [0.29, 0.717) is 24.6 Å². The summed E-state index contributed by atoms with van der Waals surface area (Å²) in [5.41, 5.74) is 4.57. The molecule has 0 saturated heterocycles. The van der Waals surface area contributed by atoms with Crippen LogP contribution in [0.1, 0.15) is 50.3 Å². The second-order valence-corrected chi connectivity index (χ2v) is 8.46. The number of carbonyl (C=O) groups is 1. The van der Waals surface area contributed by atoms with E-state index < -0.39 is 0 Å². The monoisotopic (exact) mass is 398 g/mol. The molecule has 0 unspecified atom stereocenters. The predicted molar refractivity (Wildman–Crippen MR) is 120 cm³/mol. The Bertz CT molecular complexity index is 823. The van der Waals surface area contributed by atoms with Crippen molar-refractivity contribution in [3.05, 3.63) is 59.2 Å². The van der Waals surface area contributed by atoms with Gasteiger partial charge in [-0.2, -0.15) is 0 Å². The summed E-state index contributed by atoms with van der Waals surface area (Å²) in [7, 11) is 0. The number of amides is 1. The molecule has 0 aliphatic heterocycles. The standard InChI is InChI=1S/C23H30N2O2S/c1-16-8-13-20(17(2)15-16)24-22(28)25-21(26)7-6-14-27-19-11-9-18(10-12-19)23(3,4)5/h8-13,15H,6-7,14H2,1-5H3,(H2,24,25,26,28). The molecular weight excluding hydrogens is 368 g/mol. The minimum Gasteiger partial charge on any atom is -0.494 e. The first kappa shape index (κ1) is 21.9. The van der Waals surface area contributed by atoms with E-state index >= 15 is 0 Å². The molecule has 1 amide bonds. The summed E-state index contributed by atoms with van der Waals surface area (Å²) in [6.07, 6.45) is 0.980. The van der Waals surface area contributed by atoms with Crippen molar-refractivity contribution in [2.75, 3.05) is 11.9 Å². The topological polar surface area (TPSA) is 50.4 Å². The van der Waals surface area contributed by atoms with Gasteiger partial charge in [-0.3, -0.25) is 4.79 Å². The third-order valence-electron chi connectivity index (χ3n) is 4.42. The summed E-state index contributed by atoms with van der Waals surface area (Å²) in [6.45, 7) is 11.1. The van der Waals surface area contributed by atoms with Gasteiger partial charge in [-0.1, -0.05) is 50.6 Å². The van der Waals surface area contributed by atoms with Gasteiger partial charge < -0.3 is 15.4 Å². The first-order chi connectivity index (χ1) is 13.1. The maximum absolute atomic E-state index is 12.1. The molecule has 0 aliphatic rings. The molecule has 0 spiro atoms. The van der Waals surface area contributed by atoms with Gasteiger partial charge in [-0.15, -0.1) is 0 Å². The quantitative estimate of drug-likeness (QED) is 0.514. The van der Waals surface area contributed by atoms with Gasteiger partial charge in [0, 0.05) is 12.1 Å². The molecule has 0 radical (unpaired) electrons. The molecular formula is C23H30N2O2S. The maximum atomic E-state index is 12.1. The van der Waals surface area contributed by atoms with Gasteiger partial charge in [0.15, 0.2) is 5.11 Å². The van der Waals surface area contributed by atoms with Crippen LogP contribution in [0.15, 0.2) is 42.5 Å². The fraction of sp³-hybridized carbons (Fsp3) is 0.391. The van der Waals surface area contributed by atoms with Crippen molar-refractivity contribution in [3.8, 4) is 5.75 Å². The number of ether oxygens (including phenoxy) is 1. The fourth-order valence-electron chi connectivity index (χ4n) is 2.77. The second-order valence-electron chi connectivity index (χ2n) is 8.05. The lowest BCUT2D eigenvalue weighted by Gasteiger charge is -2.19. The molecule has 0 saturated carbocycles. The van der Waals surface area contributed by atoms with Gasteiger partial charge in [0.05, 0.1) is 6.61 Å². The molecule has 0 aliphatic carbocycles. The van der Waals surface area contributed by atoms with E-state index in [1.165, 1.54) is 11.1 Å². The van der Waals surface area contributed by atoms with Crippen LogP contribution >= 0.6 is 12.2 Å². The average Bonchev–Trinajstić information content (AvgIpc) is 2.61. The molecule has 28 heavy (non-hydrogen) atoms. The first-order valence-electron chi connectivity index (χ1n) is 9.56. The van der Waals surface area contributed by atoms with Crippen LogP contribution in [0.5, 0.6) is 5.75 Å². The zero-order valence-electron chi connectivity index (χ0n) is 17.4.